The molecule has 1 aliphatic heterocycles. The molecule has 0 aliphatic carbocycles. The molecule has 2 heterocycles. The topological polar surface area (TPSA) is 79.7 Å². The van der Waals surface area contributed by atoms with Crippen LogP contribution in [0.2, 0.25) is 10.0 Å². The Morgan fingerprint density at radius 2 is 1.57 bits per heavy atom. The van der Waals surface area contributed by atoms with Crippen LogP contribution in [-0.4, -0.2) is 39.0 Å². The first-order valence-electron chi connectivity index (χ1n) is 11.5. The minimum atomic E-state index is -1.04. The van der Waals surface area contributed by atoms with Crippen LogP contribution in [0, 0.1) is 0 Å². The molecule has 1 saturated heterocycles. The third-order valence-corrected chi connectivity index (χ3v) is 6.69. The molecule has 4 rings (SSSR count). The Labute approximate surface area is 214 Å². The molecule has 1 aliphatic rings. The van der Waals surface area contributed by atoms with E-state index in [1.807, 2.05) is 43.3 Å². The van der Waals surface area contributed by atoms with Gasteiger partial charge in [-0.15, -0.1) is 0 Å². The van der Waals surface area contributed by atoms with Crippen molar-refractivity contribution in [2.75, 3.05) is 0 Å². The van der Waals surface area contributed by atoms with E-state index >= 15 is 0 Å². The highest BCUT2D eigenvalue weighted by molar-refractivity contribution is 6.30. The fourth-order valence-electron chi connectivity index (χ4n) is 4.54. The van der Waals surface area contributed by atoms with E-state index in [4.69, 9.17) is 27.9 Å². The van der Waals surface area contributed by atoms with Crippen molar-refractivity contribution in [3.63, 3.8) is 0 Å². The van der Waals surface area contributed by atoms with E-state index in [-0.39, 0.29) is 5.91 Å². The first-order chi connectivity index (χ1) is 16.9. The number of benzene rings is 2. The standard InChI is InChI=1S/C27H26Cl2N2O4/c1-2-3-22(27(33)34)31-24(18-4-8-20(28)9-5-18)25(19-6-10-21(29)11-7-19)35-23(26(31)32)16-17-12-14-30-15-13-17/h4-15,22-25H,2-3,16H2,1H3,(H,33,34)/t22?,23?,24-,25?/m0/s1. The van der Waals surface area contributed by atoms with Gasteiger partial charge in [-0.1, -0.05) is 60.8 Å². The maximum absolute atomic E-state index is 13.9. The van der Waals surface area contributed by atoms with E-state index in [2.05, 4.69) is 4.98 Å². The highest BCUT2D eigenvalue weighted by Crippen LogP contribution is 2.44. The molecule has 2 aromatic carbocycles. The lowest BCUT2D eigenvalue weighted by molar-refractivity contribution is -0.184. The Morgan fingerprint density at radius 3 is 2.11 bits per heavy atom. The maximum atomic E-state index is 13.9. The van der Waals surface area contributed by atoms with Crippen LogP contribution >= 0.6 is 23.2 Å². The minimum Gasteiger partial charge on any atom is -0.480 e. The summed E-state index contributed by atoms with van der Waals surface area (Å²) in [5.41, 5.74) is 2.42. The number of carbonyl (C=O) groups is 2. The number of halogens is 2. The monoisotopic (exact) mass is 512 g/mol. The molecule has 6 nitrogen and oxygen atoms in total. The smallest absolute Gasteiger partial charge is 0.326 e. The van der Waals surface area contributed by atoms with Crippen LogP contribution in [0.5, 0.6) is 0 Å². The largest absolute Gasteiger partial charge is 0.480 e. The van der Waals surface area contributed by atoms with Crippen LogP contribution in [0.25, 0.3) is 0 Å². The average molecular weight is 513 g/mol. The first-order valence-corrected chi connectivity index (χ1v) is 12.2. The molecule has 1 aromatic heterocycles. The predicted octanol–water partition coefficient (Wildman–Crippen LogP) is 5.89. The number of pyridine rings is 1. The summed E-state index contributed by atoms with van der Waals surface area (Å²) in [6.45, 7) is 1.91. The van der Waals surface area contributed by atoms with Gasteiger partial charge in [0.2, 0.25) is 0 Å². The van der Waals surface area contributed by atoms with Gasteiger partial charge in [-0.05, 0) is 59.5 Å². The van der Waals surface area contributed by atoms with E-state index in [1.54, 1.807) is 36.7 Å². The number of hydrogen-bond donors (Lipinski definition) is 1. The number of aliphatic carboxylic acids is 1. The Kier molecular flexibility index (Phi) is 8.06. The summed E-state index contributed by atoms with van der Waals surface area (Å²) >= 11 is 12.3. The van der Waals surface area contributed by atoms with Gasteiger partial charge in [0.25, 0.3) is 5.91 Å². The summed E-state index contributed by atoms with van der Waals surface area (Å²) in [4.78, 5) is 31.9. The van der Waals surface area contributed by atoms with Crippen molar-refractivity contribution in [3.05, 3.63) is 99.8 Å². The van der Waals surface area contributed by atoms with E-state index in [0.717, 1.165) is 16.7 Å². The quantitative estimate of drug-likeness (QED) is 0.406. The van der Waals surface area contributed by atoms with Gasteiger partial charge in [0.05, 0.1) is 6.04 Å². The average Bonchev–Trinajstić information content (AvgIpc) is 2.85. The predicted molar refractivity (Wildman–Crippen MR) is 134 cm³/mol. The van der Waals surface area contributed by atoms with E-state index in [9.17, 15) is 14.7 Å². The van der Waals surface area contributed by atoms with E-state index in [0.29, 0.717) is 29.3 Å². The van der Waals surface area contributed by atoms with Crippen LogP contribution in [-0.2, 0) is 20.7 Å². The van der Waals surface area contributed by atoms with Crippen molar-refractivity contribution in [1.82, 2.24) is 9.88 Å². The number of hydrogen-bond acceptors (Lipinski definition) is 4. The van der Waals surface area contributed by atoms with Crippen LogP contribution in [0.4, 0.5) is 0 Å². The zero-order valence-corrected chi connectivity index (χ0v) is 20.7. The lowest BCUT2D eigenvalue weighted by atomic mass is 9.89. The molecule has 0 radical (unpaired) electrons. The Morgan fingerprint density at radius 1 is 1.00 bits per heavy atom. The molecule has 1 fully saturated rings. The zero-order valence-electron chi connectivity index (χ0n) is 19.2. The number of rotatable bonds is 8. The fraction of sp³-hybridized carbons (Fsp3) is 0.296. The van der Waals surface area contributed by atoms with Gasteiger partial charge in [0.1, 0.15) is 18.2 Å². The van der Waals surface area contributed by atoms with Crippen LogP contribution in [0.15, 0.2) is 73.1 Å². The fourth-order valence-corrected chi connectivity index (χ4v) is 4.79. The Hall–Kier alpha value is -2.93. The molecule has 35 heavy (non-hydrogen) atoms. The summed E-state index contributed by atoms with van der Waals surface area (Å²) in [5, 5.41) is 11.3. The molecule has 1 amide bonds. The lowest BCUT2D eigenvalue weighted by Crippen LogP contribution is -2.57. The summed E-state index contributed by atoms with van der Waals surface area (Å²) in [7, 11) is 0. The molecule has 0 spiro atoms. The van der Waals surface area contributed by atoms with E-state index in [1.165, 1.54) is 4.90 Å². The summed E-state index contributed by atoms with van der Waals surface area (Å²) in [5.74, 6) is -1.40. The molecule has 3 aromatic rings. The minimum absolute atomic E-state index is 0.299. The second-order valence-electron chi connectivity index (χ2n) is 8.54. The molecule has 1 N–H and O–H groups in total. The number of carboxylic acids is 1. The number of aromatic nitrogens is 1. The summed E-state index contributed by atoms with van der Waals surface area (Å²) in [6, 6.07) is 16.3. The van der Waals surface area contributed by atoms with Crippen molar-refractivity contribution in [1.29, 1.82) is 0 Å². The highest BCUT2D eigenvalue weighted by Gasteiger charge is 2.48. The van der Waals surface area contributed by atoms with Crippen LogP contribution in [0.3, 0.4) is 0 Å². The number of carboxylic acid groups (broad SMARTS) is 1. The normalized spacial score (nSPS) is 21.1. The van der Waals surface area contributed by atoms with Gasteiger partial charge < -0.3 is 14.7 Å². The summed E-state index contributed by atoms with van der Waals surface area (Å²) in [6.07, 6.45) is 3.07. The van der Waals surface area contributed by atoms with Gasteiger partial charge in [0.15, 0.2) is 0 Å². The first kappa shape index (κ1) is 25.2. The van der Waals surface area contributed by atoms with Gasteiger partial charge >= 0.3 is 5.97 Å². The number of amides is 1. The number of morpholine rings is 1. The van der Waals surface area contributed by atoms with Crippen LogP contribution < -0.4 is 0 Å². The third-order valence-electron chi connectivity index (χ3n) is 6.19. The molecule has 182 valence electrons. The van der Waals surface area contributed by atoms with Gasteiger partial charge in [-0.3, -0.25) is 9.78 Å². The second-order valence-corrected chi connectivity index (χ2v) is 9.41. The van der Waals surface area contributed by atoms with Crippen molar-refractivity contribution < 1.29 is 19.4 Å². The molecular formula is C27H26Cl2N2O4. The lowest BCUT2D eigenvalue weighted by Gasteiger charge is -2.47. The van der Waals surface area contributed by atoms with Crippen molar-refractivity contribution in [3.8, 4) is 0 Å². The number of ether oxygens (including phenoxy) is 1. The third kappa shape index (κ3) is 5.67. The zero-order chi connectivity index (χ0) is 24.9. The second kappa shape index (κ2) is 11.2. The van der Waals surface area contributed by atoms with Gasteiger partial charge in [0, 0.05) is 28.9 Å². The van der Waals surface area contributed by atoms with Crippen molar-refractivity contribution in [2.24, 2.45) is 0 Å². The maximum Gasteiger partial charge on any atom is 0.326 e. The molecule has 4 atom stereocenters. The summed E-state index contributed by atoms with van der Waals surface area (Å²) < 4.78 is 6.48. The highest BCUT2D eigenvalue weighted by atomic mass is 35.5. The SMILES string of the molecule is CCCC(C(=O)O)N1C(=O)C(Cc2ccncc2)OC(c2ccc(Cl)cc2)[C@@H]1c1ccc(Cl)cc1. The Balaban J connectivity index is 1.85. The molecule has 0 saturated carbocycles. The Bertz CT molecular complexity index is 1160. The van der Waals surface area contributed by atoms with Crippen LogP contribution in [0.1, 0.15) is 48.6 Å². The van der Waals surface area contributed by atoms with Crippen molar-refractivity contribution in [2.45, 2.75) is 50.5 Å². The number of carbonyl (C=O) groups excluding carboxylic acids is 1. The molecule has 0 bridgehead atoms. The van der Waals surface area contributed by atoms with Gasteiger partial charge in [-0.2, -0.15) is 0 Å². The number of nitrogens with zero attached hydrogens (tertiary/aromatic N) is 2. The van der Waals surface area contributed by atoms with Gasteiger partial charge in [-0.25, -0.2) is 4.79 Å². The molecular weight excluding hydrogens is 487 g/mol. The van der Waals surface area contributed by atoms with E-state index < -0.39 is 30.3 Å². The van der Waals surface area contributed by atoms with Crippen molar-refractivity contribution >= 4 is 35.1 Å². The molecule has 8 heteroatoms. The molecule has 3 unspecified atom stereocenters.